The lowest BCUT2D eigenvalue weighted by molar-refractivity contribution is -0.384. The second-order valence-corrected chi connectivity index (χ2v) is 5.69. The van der Waals surface area contributed by atoms with Crippen LogP contribution in [0.1, 0.15) is 15.9 Å². The number of carboxylic acid groups (broad SMARTS) is 1. The normalized spacial score (nSPS) is 11.2. The van der Waals surface area contributed by atoms with E-state index in [2.05, 4.69) is 20.2 Å². The predicted octanol–water partition coefficient (Wildman–Crippen LogP) is 4.56. The van der Waals surface area contributed by atoms with E-state index in [0.717, 1.165) is 0 Å². The highest BCUT2D eigenvalue weighted by atomic mass is 16.6. The number of aromatic nitrogens is 1. The van der Waals surface area contributed by atoms with Crippen molar-refractivity contribution in [3.63, 3.8) is 0 Å². The number of hydrogen-bond acceptors (Lipinski definition) is 8. The maximum atomic E-state index is 10.8. The maximum absolute atomic E-state index is 10.8. The van der Waals surface area contributed by atoms with Crippen molar-refractivity contribution in [2.45, 2.75) is 0 Å². The molecule has 10 nitrogen and oxygen atoms in total. The van der Waals surface area contributed by atoms with Crippen molar-refractivity contribution in [3.8, 4) is 5.75 Å². The van der Waals surface area contributed by atoms with Crippen molar-refractivity contribution in [2.75, 3.05) is 0 Å². The minimum Gasteiger partial charge on any atom is -0.507 e. The quantitative estimate of drug-likeness (QED) is 0.272. The summed E-state index contributed by atoms with van der Waals surface area (Å²) in [6.45, 7) is 0. The second kappa shape index (κ2) is 8.48. The van der Waals surface area contributed by atoms with Crippen LogP contribution in [0.5, 0.6) is 5.75 Å². The lowest BCUT2D eigenvalue weighted by atomic mass is 10.2. The molecule has 2 aromatic carbocycles. The Morgan fingerprint density at radius 1 is 1.03 bits per heavy atom. The molecule has 0 spiro atoms. The molecule has 144 valence electrons. The number of hydrogen-bond donors (Lipinski definition) is 2. The third-order valence-corrected chi connectivity index (χ3v) is 3.68. The number of phenolic OH excluding ortho intramolecular Hbond substituents is 1. The number of non-ortho nitro benzene ring substituents is 1. The summed E-state index contributed by atoms with van der Waals surface area (Å²) in [5.74, 6) is -0.853. The average Bonchev–Trinajstić information content (AvgIpc) is 2.72. The number of aromatic hydroxyl groups is 1. The Morgan fingerprint density at radius 2 is 1.72 bits per heavy atom. The Kier molecular flexibility index (Phi) is 5.64. The van der Waals surface area contributed by atoms with Crippen LogP contribution in [0.25, 0.3) is 0 Å². The molecular weight excluding hydrogens is 378 g/mol. The highest BCUT2D eigenvalue weighted by Crippen LogP contribution is 2.25. The minimum atomic E-state index is -1.09. The van der Waals surface area contributed by atoms with Gasteiger partial charge in [-0.05, 0) is 42.5 Å². The van der Waals surface area contributed by atoms with E-state index in [0.29, 0.717) is 16.9 Å². The zero-order chi connectivity index (χ0) is 20.8. The fraction of sp³-hybridized carbons (Fsp3) is 0. The molecule has 2 N–H and O–H groups in total. The van der Waals surface area contributed by atoms with Crippen LogP contribution >= 0.6 is 0 Å². The second-order valence-electron chi connectivity index (χ2n) is 5.69. The largest absolute Gasteiger partial charge is 0.507 e. The van der Waals surface area contributed by atoms with Gasteiger partial charge in [0.2, 0.25) is 0 Å². The predicted molar refractivity (Wildman–Crippen MR) is 104 cm³/mol. The highest BCUT2D eigenvalue weighted by Gasteiger charge is 2.05. The first-order valence-corrected chi connectivity index (χ1v) is 8.15. The monoisotopic (exact) mass is 391 g/mol. The molecule has 0 unspecified atom stereocenters. The lowest BCUT2D eigenvalue weighted by Gasteiger charge is -2.00. The molecule has 0 aliphatic rings. The summed E-state index contributed by atoms with van der Waals surface area (Å²) in [4.78, 5) is 29.0. The smallest absolute Gasteiger partial charge is 0.337 e. The third kappa shape index (κ3) is 5.04. The van der Waals surface area contributed by atoms with Gasteiger partial charge in [0, 0.05) is 30.1 Å². The Bertz CT molecular complexity index is 1110. The number of aromatic carboxylic acids is 1. The molecule has 0 amide bonds. The SMILES string of the molecule is O=C(O)c1ccc(N=Cc2cc(N=Nc3ccc([N+](=O)[O-])cc3)ccc2O)nc1. The number of phenols is 1. The van der Waals surface area contributed by atoms with E-state index in [-0.39, 0.29) is 22.8 Å². The van der Waals surface area contributed by atoms with Gasteiger partial charge in [-0.3, -0.25) is 10.1 Å². The molecule has 0 bridgehead atoms. The molecular formula is C19H13N5O5. The zero-order valence-corrected chi connectivity index (χ0v) is 14.7. The van der Waals surface area contributed by atoms with Crippen molar-refractivity contribution in [2.24, 2.45) is 15.2 Å². The molecule has 29 heavy (non-hydrogen) atoms. The first-order chi connectivity index (χ1) is 13.9. The number of nitro groups is 1. The van der Waals surface area contributed by atoms with E-state index >= 15 is 0 Å². The molecule has 3 rings (SSSR count). The molecule has 1 aromatic heterocycles. The van der Waals surface area contributed by atoms with Crippen LogP contribution in [0.3, 0.4) is 0 Å². The first kappa shape index (κ1) is 19.3. The highest BCUT2D eigenvalue weighted by molar-refractivity contribution is 5.88. The molecule has 0 saturated heterocycles. The Labute approximate surface area is 163 Å². The number of carbonyl (C=O) groups is 1. The molecule has 0 aliphatic heterocycles. The van der Waals surface area contributed by atoms with Crippen LogP contribution in [-0.4, -0.2) is 32.3 Å². The van der Waals surface area contributed by atoms with Gasteiger partial charge in [0.05, 0.1) is 21.9 Å². The van der Waals surface area contributed by atoms with Gasteiger partial charge in [-0.25, -0.2) is 14.8 Å². The topological polar surface area (TPSA) is 151 Å². The van der Waals surface area contributed by atoms with Crippen LogP contribution in [0.4, 0.5) is 22.9 Å². The number of rotatable bonds is 6. The molecule has 3 aromatic rings. The van der Waals surface area contributed by atoms with Crippen molar-refractivity contribution >= 4 is 35.1 Å². The molecule has 0 radical (unpaired) electrons. The summed E-state index contributed by atoms with van der Waals surface area (Å²) < 4.78 is 0. The maximum Gasteiger partial charge on any atom is 0.337 e. The fourth-order valence-corrected chi connectivity index (χ4v) is 2.19. The average molecular weight is 391 g/mol. The third-order valence-electron chi connectivity index (χ3n) is 3.68. The molecule has 0 atom stereocenters. The van der Waals surface area contributed by atoms with Gasteiger partial charge >= 0.3 is 5.97 Å². The summed E-state index contributed by atoms with van der Waals surface area (Å²) in [5, 5.41) is 37.5. The van der Waals surface area contributed by atoms with Crippen molar-refractivity contribution in [1.29, 1.82) is 0 Å². The number of azo groups is 1. The van der Waals surface area contributed by atoms with Crippen molar-refractivity contribution in [3.05, 3.63) is 82.0 Å². The summed E-state index contributed by atoms with van der Waals surface area (Å²) in [6, 6.07) is 12.9. The summed E-state index contributed by atoms with van der Waals surface area (Å²) in [7, 11) is 0. The van der Waals surface area contributed by atoms with Crippen LogP contribution in [0.2, 0.25) is 0 Å². The zero-order valence-electron chi connectivity index (χ0n) is 14.7. The standard InChI is InChI=1S/C19H13N5O5/c25-17-7-4-15(23-22-14-2-5-16(6-3-14)24(28)29)9-13(17)11-21-18-8-1-12(10-20-18)19(26)27/h1-11,25H,(H,26,27). The number of nitrogens with zero attached hydrogens (tertiary/aromatic N) is 5. The number of benzene rings is 2. The fourth-order valence-electron chi connectivity index (χ4n) is 2.19. The van der Waals surface area contributed by atoms with Crippen LogP contribution in [0, 0.1) is 10.1 Å². The Hall–Kier alpha value is -4.47. The molecule has 0 aliphatic carbocycles. The number of aliphatic imine (C=N–C) groups is 1. The first-order valence-electron chi connectivity index (χ1n) is 8.15. The van der Waals surface area contributed by atoms with E-state index in [4.69, 9.17) is 5.11 Å². The minimum absolute atomic E-state index is 0.0369. The van der Waals surface area contributed by atoms with Gasteiger partial charge in [-0.15, -0.1) is 0 Å². The molecule has 1 heterocycles. The molecule has 0 fully saturated rings. The number of pyridine rings is 1. The van der Waals surface area contributed by atoms with Gasteiger partial charge in [0.15, 0.2) is 5.82 Å². The van der Waals surface area contributed by atoms with Gasteiger partial charge < -0.3 is 10.2 Å². The van der Waals surface area contributed by atoms with Crippen molar-refractivity contribution < 1.29 is 19.9 Å². The molecule has 0 saturated carbocycles. The summed E-state index contributed by atoms with van der Waals surface area (Å²) in [6.07, 6.45) is 2.55. The Morgan fingerprint density at radius 3 is 2.34 bits per heavy atom. The van der Waals surface area contributed by atoms with Gasteiger partial charge in [0.25, 0.3) is 5.69 Å². The van der Waals surface area contributed by atoms with Crippen LogP contribution in [-0.2, 0) is 0 Å². The van der Waals surface area contributed by atoms with E-state index in [9.17, 15) is 20.0 Å². The van der Waals surface area contributed by atoms with E-state index in [1.807, 2.05) is 0 Å². The van der Waals surface area contributed by atoms with E-state index in [1.165, 1.54) is 54.9 Å². The van der Waals surface area contributed by atoms with Gasteiger partial charge in [-0.2, -0.15) is 10.2 Å². The number of carboxylic acids is 1. The van der Waals surface area contributed by atoms with Crippen molar-refractivity contribution in [1.82, 2.24) is 4.98 Å². The Balaban J connectivity index is 1.76. The van der Waals surface area contributed by atoms with Crippen LogP contribution in [0.15, 0.2) is 76.0 Å². The lowest BCUT2D eigenvalue weighted by Crippen LogP contribution is -1.95. The molecule has 10 heteroatoms. The summed E-state index contributed by atoms with van der Waals surface area (Å²) >= 11 is 0. The van der Waals surface area contributed by atoms with E-state index in [1.54, 1.807) is 12.1 Å². The number of nitro benzene ring substituents is 1. The summed E-state index contributed by atoms with van der Waals surface area (Å²) in [5.41, 5.74) is 1.21. The van der Waals surface area contributed by atoms with Gasteiger partial charge in [-0.1, -0.05) is 0 Å². The van der Waals surface area contributed by atoms with Gasteiger partial charge in [0.1, 0.15) is 5.75 Å². The van der Waals surface area contributed by atoms with Crippen LogP contribution < -0.4 is 0 Å². The van der Waals surface area contributed by atoms with E-state index < -0.39 is 10.9 Å².